The van der Waals surface area contributed by atoms with Crippen molar-refractivity contribution in [2.75, 3.05) is 11.9 Å². The molecule has 4 N–H and O–H groups in total. The highest BCUT2D eigenvalue weighted by Gasteiger charge is 2.32. The van der Waals surface area contributed by atoms with Crippen LogP contribution in [0.5, 0.6) is 0 Å². The van der Waals surface area contributed by atoms with Crippen molar-refractivity contribution in [2.45, 2.75) is 52.2 Å². The molecule has 0 fully saturated rings. The van der Waals surface area contributed by atoms with E-state index in [0.717, 1.165) is 28.3 Å². The Kier molecular flexibility index (Phi) is 7.61. The maximum Gasteiger partial charge on any atom is 0.408 e. The fraction of sp³-hybridized carbons (Fsp3) is 0.357. The third-order valence-electron chi connectivity index (χ3n) is 6.03. The topological polar surface area (TPSA) is 125 Å². The predicted octanol–water partition coefficient (Wildman–Crippen LogP) is 4.59. The number of nitrogens with one attached hydrogen (secondary N) is 4. The monoisotopic (exact) mass is 503 g/mol. The number of pyridine rings is 1. The average Bonchev–Trinajstić information content (AvgIpc) is 3.21. The highest BCUT2D eigenvalue weighted by molar-refractivity contribution is 6.07. The van der Waals surface area contributed by atoms with Crippen LogP contribution >= 0.6 is 0 Å². The number of aromatic amines is 1. The molecule has 3 aromatic rings. The Morgan fingerprint density at radius 1 is 1.11 bits per heavy atom. The smallest absolute Gasteiger partial charge is 0.408 e. The van der Waals surface area contributed by atoms with Gasteiger partial charge in [0.15, 0.2) is 5.78 Å². The maximum absolute atomic E-state index is 13.3. The molecule has 2 atom stereocenters. The number of amides is 2. The molecule has 9 heteroatoms. The third-order valence-corrected chi connectivity index (χ3v) is 6.03. The molecular weight excluding hydrogens is 470 g/mol. The summed E-state index contributed by atoms with van der Waals surface area (Å²) in [5, 5.41) is 8.84. The van der Waals surface area contributed by atoms with Gasteiger partial charge in [0.05, 0.1) is 16.9 Å². The SMILES string of the molecule is C[C@H](NC(=O)OC(C)(C)C)C(=O)NCC1CC(=O)c2c([nH]c(-c3ccncc3)c2Nc2ccccc2)C1. The molecule has 37 heavy (non-hydrogen) atoms. The van der Waals surface area contributed by atoms with Crippen LogP contribution in [0.1, 0.15) is 50.2 Å². The number of carbonyl (C=O) groups excluding carboxylic acids is 3. The van der Waals surface area contributed by atoms with Gasteiger partial charge in [0, 0.05) is 42.3 Å². The molecule has 2 amide bonds. The molecule has 0 aliphatic heterocycles. The van der Waals surface area contributed by atoms with Gasteiger partial charge in [-0.1, -0.05) is 18.2 Å². The number of Topliss-reactive ketones (excluding diaryl/α,β-unsaturated/α-hetero) is 1. The number of carbonyl (C=O) groups is 3. The largest absolute Gasteiger partial charge is 0.444 e. The summed E-state index contributed by atoms with van der Waals surface area (Å²) in [7, 11) is 0. The Morgan fingerprint density at radius 3 is 2.49 bits per heavy atom. The highest BCUT2D eigenvalue weighted by Crippen LogP contribution is 2.39. The number of para-hydroxylation sites is 1. The van der Waals surface area contributed by atoms with E-state index in [2.05, 4.69) is 25.9 Å². The first-order chi connectivity index (χ1) is 17.6. The fourth-order valence-electron chi connectivity index (χ4n) is 4.36. The molecule has 0 saturated carbocycles. The number of aromatic nitrogens is 2. The van der Waals surface area contributed by atoms with Crippen LogP contribution in [0.25, 0.3) is 11.3 Å². The van der Waals surface area contributed by atoms with E-state index >= 15 is 0 Å². The summed E-state index contributed by atoms with van der Waals surface area (Å²) in [4.78, 5) is 45.5. The van der Waals surface area contributed by atoms with Gasteiger partial charge in [-0.15, -0.1) is 0 Å². The quantitative estimate of drug-likeness (QED) is 0.374. The minimum atomic E-state index is -0.768. The van der Waals surface area contributed by atoms with Crippen molar-refractivity contribution in [1.82, 2.24) is 20.6 Å². The second-order valence-corrected chi connectivity index (χ2v) is 10.3. The molecule has 194 valence electrons. The van der Waals surface area contributed by atoms with Gasteiger partial charge in [0.25, 0.3) is 0 Å². The molecule has 1 unspecified atom stereocenters. The van der Waals surface area contributed by atoms with Crippen molar-refractivity contribution in [3.63, 3.8) is 0 Å². The fourth-order valence-corrected chi connectivity index (χ4v) is 4.36. The molecule has 0 saturated heterocycles. The molecule has 2 aromatic heterocycles. The molecule has 1 aromatic carbocycles. The van der Waals surface area contributed by atoms with Gasteiger partial charge in [0.2, 0.25) is 5.91 Å². The van der Waals surface area contributed by atoms with Gasteiger partial charge in [-0.3, -0.25) is 14.6 Å². The summed E-state index contributed by atoms with van der Waals surface area (Å²) < 4.78 is 5.21. The third kappa shape index (κ3) is 6.55. The number of hydrogen-bond donors (Lipinski definition) is 4. The van der Waals surface area contributed by atoms with Crippen LogP contribution in [0.3, 0.4) is 0 Å². The van der Waals surface area contributed by atoms with Gasteiger partial charge < -0.3 is 25.7 Å². The van der Waals surface area contributed by atoms with E-state index in [1.165, 1.54) is 0 Å². The average molecular weight is 504 g/mol. The highest BCUT2D eigenvalue weighted by atomic mass is 16.6. The zero-order chi connectivity index (χ0) is 26.6. The van der Waals surface area contributed by atoms with Crippen molar-refractivity contribution < 1.29 is 19.1 Å². The van der Waals surface area contributed by atoms with Gasteiger partial charge in [-0.05, 0) is 64.3 Å². The normalized spacial score (nSPS) is 15.9. The van der Waals surface area contributed by atoms with Crippen molar-refractivity contribution in [1.29, 1.82) is 0 Å². The molecule has 0 spiro atoms. The number of ketones is 1. The van der Waals surface area contributed by atoms with Crippen LogP contribution in [-0.4, -0.2) is 45.9 Å². The standard InChI is InChI=1S/C28H33N5O4/c1-17(31-27(36)37-28(2,3)4)26(35)30-16-18-14-21-23(22(34)15-18)25(32-20-8-6-5-7-9-20)24(33-21)19-10-12-29-13-11-19/h5-13,17-18,32-33H,14-16H2,1-4H3,(H,30,35)(H,31,36)/t17-,18?/m0/s1. The van der Waals surface area contributed by atoms with Crippen molar-refractivity contribution in [3.05, 3.63) is 66.1 Å². The molecule has 4 rings (SSSR count). The van der Waals surface area contributed by atoms with Crippen LogP contribution in [0, 0.1) is 5.92 Å². The van der Waals surface area contributed by atoms with E-state index in [4.69, 9.17) is 4.74 Å². The van der Waals surface area contributed by atoms with E-state index in [0.29, 0.717) is 24.9 Å². The number of rotatable bonds is 7. The van der Waals surface area contributed by atoms with E-state index in [1.807, 2.05) is 42.5 Å². The van der Waals surface area contributed by atoms with E-state index < -0.39 is 17.7 Å². The molecular formula is C28H33N5O4. The van der Waals surface area contributed by atoms with Crippen LogP contribution in [-0.2, 0) is 16.0 Å². The van der Waals surface area contributed by atoms with Gasteiger partial charge >= 0.3 is 6.09 Å². The van der Waals surface area contributed by atoms with E-state index in [-0.39, 0.29) is 17.6 Å². The molecule has 0 bridgehead atoms. The summed E-state index contributed by atoms with van der Waals surface area (Å²) in [5.74, 6) is -0.402. The van der Waals surface area contributed by atoms with Gasteiger partial charge in [0.1, 0.15) is 11.6 Å². The summed E-state index contributed by atoms with van der Waals surface area (Å²) in [5.41, 5.74) is 4.20. The molecule has 0 radical (unpaired) electrons. The van der Waals surface area contributed by atoms with Crippen LogP contribution in [0.4, 0.5) is 16.2 Å². The minimum Gasteiger partial charge on any atom is -0.444 e. The van der Waals surface area contributed by atoms with Crippen LogP contribution < -0.4 is 16.0 Å². The van der Waals surface area contributed by atoms with Crippen LogP contribution in [0.2, 0.25) is 0 Å². The Labute approximate surface area is 216 Å². The summed E-state index contributed by atoms with van der Waals surface area (Å²) >= 11 is 0. The first-order valence-corrected chi connectivity index (χ1v) is 12.4. The lowest BCUT2D eigenvalue weighted by atomic mass is 9.86. The molecule has 2 heterocycles. The lowest BCUT2D eigenvalue weighted by molar-refractivity contribution is -0.123. The number of hydrogen-bond acceptors (Lipinski definition) is 6. The molecule has 1 aliphatic carbocycles. The summed E-state index contributed by atoms with van der Waals surface area (Å²) in [6.45, 7) is 7.18. The zero-order valence-electron chi connectivity index (χ0n) is 21.6. The van der Waals surface area contributed by atoms with Gasteiger partial charge in [-0.2, -0.15) is 0 Å². The first kappa shape index (κ1) is 25.9. The minimum absolute atomic E-state index is 0.00964. The maximum atomic E-state index is 13.3. The Hall–Kier alpha value is -4.14. The second kappa shape index (κ2) is 10.9. The number of nitrogens with zero attached hydrogens (tertiary/aromatic N) is 1. The second-order valence-electron chi connectivity index (χ2n) is 10.3. The Morgan fingerprint density at radius 2 is 1.81 bits per heavy atom. The molecule has 9 nitrogen and oxygen atoms in total. The number of anilines is 2. The zero-order valence-corrected chi connectivity index (χ0v) is 21.6. The van der Waals surface area contributed by atoms with E-state index in [9.17, 15) is 14.4 Å². The summed E-state index contributed by atoms with van der Waals surface area (Å²) in [6.07, 6.45) is 3.69. The van der Waals surface area contributed by atoms with Crippen molar-refractivity contribution >= 4 is 29.2 Å². The Balaban J connectivity index is 1.48. The van der Waals surface area contributed by atoms with Gasteiger partial charge in [-0.25, -0.2) is 4.79 Å². The number of alkyl carbamates (subject to hydrolysis) is 1. The van der Waals surface area contributed by atoms with E-state index in [1.54, 1.807) is 40.1 Å². The predicted molar refractivity (Wildman–Crippen MR) is 142 cm³/mol. The summed E-state index contributed by atoms with van der Waals surface area (Å²) in [6, 6.07) is 12.7. The van der Waals surface area contributed by atoms with Crippen LogP contribution in [0.15, 0.2) is 54.9 Å². The number of H-pyrrole nitrogens is 1. The number of fused-ring (bicyclic) bond motifs is 1. The van der Waals surface area contributed by atoms with Crippen molar-refractivity contribution in [3.8, 4) is 11.3 Å². The molecule has 1 aliphatic rings. The lowest BCUT2D eigenvalue weighted by Crippen LogP contribution is -2.47. The van der Waals surface area contributed by atoms with Crippen molar-refractivity contribution in [2.24, 2.45) is 5.92 Å². The Bertz CT molecular complexity index is 1260. The number of ether oxygens (including phenoxy) is 1. The lowest BCUT2D eigenvalue weighted by Gasteiger charge is -2.24. The number of benzene rings is 1. The first-order valence-electron chi connectivity index (χ1n) is 12.4.